The van der Waals surface area contributed by atoms with Crippen molar-refractivity contribution in [2.24, 2.45) is 0 Å². The number of amides is 2. The highest BCUT2D eigenvalue weighted by Gasteiger charge is 2.44. The second-order valence-electron chi connectivity index (χ2n) is 4.58. The molecule has 21 heavy (non-hydrogen) atoms. The van der Waals surface area contributed by atoms with Crippen molar-refractivity contribution in [2.75, 3.05) is 18.5 Å². The Balaban J connectivity index is 2.08. The van der Waals surface area contributed by atoms with Gasteiger partial charge in [-0.05, 0) is 18.2 Å². The van der Waals surface area contributed by atoms with E-state index in [-0.39, 0.29) is 30.9 Å². The number of ether oxygens (including phenoxy) is 1. The fourth-order valence-corrected chi connectivity index (χ4v) is 1.95. The highest BCUT2D eigenvalue weighted by atomic mass is 19.1. The minimum Gasteiger partial charge on any atom is -0.479 e. The minimum absolute atomic E-state index is 0.122. The Morgan fingerprint density at radius 2 is 2.24 bits per heavy atom. The van der Waals surface area contributed by atoms with Crippen molar-refractivity contribution in [2.45, 2.75) is 12.0 Å². The molecule has 1 aliphatic rings. The van der Waals surface area contributed by atoms with Gasteiger partial charge in [0.15, 0.2) is 5.54 Å². The first-order chi connectivity index (χ1) is 9.97. The lowest BCUT2D eigenvalue weighted by Gasteiger charge is -2.23. The Labute approximate surface area is 119 Å². The number of carbonyl (C=O) groups is 2. The first-order valence-corrected chi connectivity index (χ1v) is 6.07. The molecule has 1 aliphatic heterocycles. The first-order valence-electron chi connectivity index (χ1n) is 6.07. The topological polar surface area (TPSA) is 111 Å². The molecule has 0 saturated carbocycles. The molecule has 0 aromatic heterocycles. The van der Waals surface area contributed by atoms with Gasteiger partial charge >= 0.3 is 12.0 Å². The van der Waals surface area contributed by atoms with Gasteiger partial charge in [-0.1, -0.05) is 0 Å². The molecule has 0 radical (unpaired) electrons. The third kappa shape index (κ3) is 3.09. The van der Waals surface area contributed by atoms with E-state index in [0.717, 1.165) is 12.1 Å². The second kappa shape index (κ2) is 5.76. The van der Waals surface area contributed by atoms with Gasteiger partial charge in [0, 0.05) is 18.7 Å². The van der Waals surface area contributed by atoms with E-state index in [1.807, 2.05) is 0 Å². The van der Waals surface area contributed by atoms with E-state index in [9.17, 15) is 19.1 Å². The largest absolute Gasteiger partial charge is 0.479 e. The summed E-state index contributed by atoms with van der Waals surface area (Å²) in [6, 6.07) is 4.36. The molecule has 1 unspecified atom stereocenters. The lowest BCUT2D eigenvalue weighted by Crippen LogP contribution is -2.56. The quantitative estimate of drug-likeness (QED) is 0.771. The molecule has 1 saturated heterocycles. The van der Waals surface area contributed by atoms with Crippen LogP contribution < -0.4 is 10.6 Å². The number of carbonyl (C=O) groups excluding carboxylic acids is 1. The SMILES string of the molecule is N#Cc1cc(NC(=O)NC2(C(=O)O)CCOC2)ccc1F. The molecule has 3 N–H and O–H groups in total. The smallest absolute Gasteiger partial charge is 0.332 e. The summed E-state index contributed by atoms with van der Waals surface area (Å²) in [6.07, 6.45) is 0.155. The van der Waals surface area contributed by atoms with Gasteiger partial charge in [0.25, 0.3) is 0 Å². The lowest BCUT2D eigenvalue weighted by atomic mass is 9.99. The van der Waals surface area contributed by atoms with E-state index < -0.39 is 23.4 Å². The van der Waals surface area contributed by atoms with Gasteiger partial charge in [-0.25, -0.2) is 14.0 Å². The lowest BCUT2D eigenvalue weighted by molar-refractivity contribution is -0.144. The van der Waals surface area contributed by atoms with Crippen LogP contribution in [0, 0.1) is 17.1 Å². The van der Waals surface area contributed by atoms with E-state index in [1.54, 1.807) is 6.07 Å². The van der Waals surface area contributed by atoms with E-state index in [2.05, 4.69) is 10.6 Å². The van der Waals surface area contributed by atoms with E-state index in [4.69, 9.17) is 10.00 Å². The second-order valence-corrected chi connectivity index (χ2v) is 4.58. The normalized spacial score (nSPS) is 20.6. The average molecular weight is 293 g/mol. The Hall–Kier alpha value is -2.66. The number of nitrogens with zero attached hydrogens (tertiary/aromatic N) is 1. The van der Waals surface area contributed by atoms with Crippen LogP contribution in [-0.2, 0) is 9.53 Å². The zero-order valence-electron chi connectivity index (χ0n) is 10.9. The van der Waals surface area contributed by atoms with Gasteiger partial charge in [-0.15, -0.1) is 0 Å². The number of aliphatic carboxylic acids is 1. The Morgan fingerprint density at radius 3 is 2.81 bits per heavy atom. The number of hydrogen-bond donors (Lipinski definition) is 3. The average Bonchev–Trinajstić information content (AvgIpc) is 2.90. The molecule has 1 atom stereocenters. The van der Waals surface area contributed by atoms with Crippen molar-refractivity contribution in [1.82, 2.24) is 5.32 Å². The number of benzene rings is 1. The summed E-state index contributed by atoms with van der Waals surface area (Å²) in [5.41, 5.74) is -1.50. The molecular weight excluding hydrogens is 281 g/mol. The zero-order chi connectivity index (χ0) is 15.5. The molecule has 8 heteroatoms. The predicted octanol–water partition coefficient (Wildman–Crippen LogP) is 1.06. The maximum Gasteiger partial charge on any atom is 0.332 e. The van der Waals surface area contributed by atoms with Crippen LogP contribution >= 0.6 is 0 Å². The monoisotopic (exact) mass is 293 g/mol. The molecule has 7 nitrogen and oxygen atoms in total. The van der Waals surface area contributed by atoms with Crippen molar-refractivity contribution in [3.8, 4) is 6.07 Å². The summed E-state index contributed by atoms with van der Waals surface area (Å²) in [4.78, 5) is 23.1. The summed E-state index contributed by atoms with van der Waals surface area (Å²) < 4.78 is 18.2. The third-order valence-corrected chi connectivity index (χ3v) is 3.13. The number of nitriles is 1. The van der Waals surface area contributed by atoms with E-state index >= 15 is 0 Å². The number of carboxylic acid groups (broad SMARTS) is 1. The summed E-state index contributed by atoms with van der Waals surface area (Å²) in [7, 11) is 0. The van der Waals surface area contributed by atoms with Crippen molar-refractivity contribution >= 4 is 17.7 Å². The van der Waals surface area contributed by atoms with Crippen LogP contribution in [-0.4, -0.2) is 35.9 Å². The van der Waals surface area contributed by atoms with Crippen LogP contribution in [0.15, 0.2) is 18.2 Å². The molecule has 0 aliphatic carbocycles. The molecule has 1 aromatic rings. The van der Waals surface area contributed by atoms with Gasteiger partial charge in [0.2, 0.25) is 0 Å². The van der Waals surface area contributed by atoms with Crippen molar-refractivity contribution < 1.29 is 23.8 Å². The molecular formula is C13H12FN3O4. The maximum atomic E-state index is 13.2. The van der Waals surface area contributed by atoms with E-state index in [1.165, 1.54) is 6.07 Å². The Morgan fingerprint density at radius 1 is 1.48 bits per heavy atom. The van der Waals surface area contributed by atoms with Gasteiger partial charge in [0.05, 0.1) is 12.2 Å². The number of anilines is 1. The summed E-state index contributed by atoms with van der Waals surface area (Å²) in [6.45, 7) is 0.115. The fourth-order valence-electron chi connectivity index (χ4n) is 1.95. The maximum absolute atomic E-state index is 13.2. The summed E-state index contributed by atoms with van der Waals surface area (Å²) in [5.74, 6) is -1.89. The molecule has 1 aromatic carbocycles. The summed E-state index contributed by atoms with van der Waals surface area (Å²) >= 11 is 0. The Kier molecular flexibility index (Phi) is 4.05. The molecule has 0 spiro atoms. The molecule has 110 valence electrons. The standard InChI is InChI=1S/C13H12FN3O4/c14-10-2-1-9(5-8(10)6-15)16-12(20)17-13(11(18)19)3-4-21-7-13/h1-2,5H,3-4,7H2,(H,18,19)(H2,16,17,20). The molecule has 2 rings (SSSR count). The number of hydrogen-bond acceptors (Lipinski definition) is 4. The van der Waals surface area contributed by atoms with Crippen LogP contribution in [0.3, 0.4) is 0 Å². The first kappa shape index (κ1) is 14.7. The van der Waals surface area contributed by atoms with Crippen LogP contribution in [0.2, 0.25) is 0 Å². The highest BCUT2D eigenvalue weighted by molar-refractivity contribution is 5.94. The number of rotatable bonds is 3. The minimum atomic E-state index is -1.47. The zero-order valence-corrected chi connectivity index (χ0v) is 10.9. The number of halogens is 1. The van der Waals surface area contributed by atoms with Crippen LogP contribution in [0.5, 0.6) is 0 Å². The van der Waals surface area contributed by atoms with Crippen molar-refractivity contribution in [1.29, 1.82) is 5.26 Å². The third-order valence-electron chi connectivity index (χ3n) is 3.13. The Bertz CT molecular complexity index is 620. The van der Waals surface area contributed by atoms with Crippen molar-refractivity contribution in [3.05, 3.63) is 29.6 Å². The molecule has 2 amide bonds. The number of carboxylic acids is 1. The predicted molar refractivity (Wildman–Crippen MR) is 69.1 cm³/mol. The van der Waals surface area contributed by atoms with E-state index in [0.29, 0.717) is 0 Å². The van der Waals surface area contributed by atoms with Gasteiger partial charge in [0.1, 0.15) is 11.9 Å². The fraction of sp³-hybridized carbons (Fsp3) is 0.308. The van der Waals surface area contributed by atoms with Gasteiger partial charge in [-0.2, -0.15) is 5.26 Å². The molecule has 0 bridgehead atoms. The van der Waals surface area contributed by atoms with Crippen molar-refractivity contribution in [3.63, 3.8) is 0 Å². The van der Waals surface area contributed by atoms with Crippen LogP contribution in [0.4, 0.5) is 14.9 Å². The highest BCUT2D eigenvalue weighted by Crippen LogP contribution is 2.20. The van der Waals surface area contributed by atoms with Gasteiger partial charge in [-0.3, -0.25) is 0 Å². The molecule has 1 heterocycles. The number of urea groups is 1. The van der Waals surface area contributed by atoms with Gasteiger partial charge < -0.3 is 20.5 Å². The van der Waals surface area contributed by atoms with Crippen LogP contribution in [0.25, 0.3) is 0 Å². The van der Waals surface area contributed by atoms with Crippen LogP contribution in [0.1, 0.15) is 12.0 Å². The molecule has 1 fully saturated rings. The number of nitrogens with one attached hydrogen (secondary N) is 2. The summed E-state index contributed by atoms with van der Waals surface area (Å²) in [5, 5.41) is 22.6.